The minimum atomic E-state index is -0.122. The Morgan fingerprint density at radius 3 is 2.67 bits per heavy atom. The highest BCUT2D eigenvalue weighted by molar-refractivity contribution is 7.09. The van der Waals surface area contributed by atoms with Crippen molar-refractivity contribution in [1.29, 1.82) is 0 Å². The number of rotatable bonds is 4. The van der Waals surface area contributed by atoms with E-state index in [1.165, 1.54) is 6.42 Å². The zero-order valence-electron chi connectivity index (χ0n) is 15.4. The van der Waals surface area contributed by atoms with Gasteiger partial charge in [0.2, 0.25) is 5.91 Å². The maximum atomic E-state index is 13.1. The van der Waals surface area contributed by atoms with Gasteiger partial charge in [-0.2, -0.15) is 0 Å². The average Bonchev–Trinajstić information content (AvgIpc) is 3.35. The standard InChI is InChI=1S/C21H25N3O2S/c25-19(23-13-17-5-4-12-27-17)18-14-24(15-21(18)8-2-1-3-9-21)20(26)16-6-10-22-11-7-16/h4-7,10-12,18H,1-3,8-9,13-15H2,(H,23,25)/t18-/m0/s1. The molecule has 4 rings (SSSR count). The normalized spacial score (nSPS) is 21.3. The van der Waals surface area contributed by atoms with E-state index in [9.17, 15) is 9.59 Å². The number of carbonyl (C=O) groups is 2. The third kappa shape index (κ3) is 3.76. The van der Waals surface area contributed by atoms with Gasteiger partial charge in [0.15, 0.2) is 0 Å². The Labute approximate surface area is 163 Å². The van der Waals surface area contributed by atoms with Crippen LogP contribution >= 0.6 is 11.3 Å². The van der Waals surface area contributed by atoms with Gasteiger partial charge in [0.25, 0.3) is 5.91 Å². The summed E-state index contributed by atoms with van der Waals surface area (Å²) in [5, 5.41) is 5.14. The summed E-state index contributed by atoms with van der Waals surface area (Å²) in [6.07, 6.45) is 8.87. The van der Waals surface area contributed by atoms with Crippen LogP contribution in [0.25, 0.3) is 0 Å². The van der Waals surface area contributed by atoms with Gasteiger partial charge in [-0.1, -0.05) is 25.3 Å². The first kappa shape index (κ1) is 18.2. The first-order valence-electron chi connectivity index (χ1n) is 9.67. The molecule has 2 amide bonds. The van der Waals surface area contributed by atoms with Crippen molar-refractivity contribution in [3.05, 3.63) is 52.5 Å². The van der Waals surface area contributed by atoms with E-state index in [1.54, 1.807) is 35.9 Å². The van der Waals surface area contributed by atoms with Crippen molar-refractivity contribution < 1.29 is 9.59 Å². The summed E-state index contributed by atoms with van der Waals surface area (Å²) in [5.74, 6) is -0.0187. The second-order valence-corrected chi connectivity index (χ2v) is 8.73. The van der Waals surface area contributed by atoms with E-state index in [4.69, 9.17) is 0 Å². The number of aromatic nitrogens is 1. The van der Waals surface area contributed by atoms with E-state index in [0.29, 0.717) is 25.2 Å². The molecular formula is C21H25N3O2S. The van der Waals surface area contributed by atoms with Gasteiger partial charge in [0.1, 0.15) is 0 Å². The molecule has 2 aromatic rings. The molecule has 1 aliphatic carbocycles. The van der Waals surface area contributed by atoms with Crippen LogP contribution in [0.4, 0.5) is 0 Å². The first-order valence-corrected chi connectivity index (χ1v) is 10.6. The van der Waals surface area contributed by atoms with E-state index < -0.39 is 0 Å². The molecule has 1 aliphatic heterocycles. The van der Waals surface area contributed by atoms with Crippen LogP contribution < -0.4 is 5.32 Å². The Kier molecular flexibility index (Phi) is 5.25. The van der Waals surface area contributed by atoms with Gasteiger partial charge in [0, 0.05) is 41.3 Å². The molecule has 2 aliphatic rings. The van der Waals surface area contributed by atoms with Crippen LogP contribution in [0.3, 0.4) is 0 Å². The summed E-state index contributed by atoms with van der Waals surface area (Å²) in [4.78, 5) is 33.1. The van der Waals surface area contributed by atoms with Gasteiger partial charge in [-0.25, -0.2) is 0 Å². The highest BCUT2D eigenvalue weighted by Gasteiger charge is 2.51. The Morgan fingerprint density at radius 1 is 1.19 bits per heavy atom. The van der Waals surface area contributed by atoms with E-state index in [-0.39, 0.29) is 23.1 Å². The lowest BCUT2D eigenvalue weighted by atomic mass is 9.67. The summed E-state index contributed by atoms with van der Waals surface area (Å²) in [5.41, 5.74) is 0.580. The minimum Gasteiger partial charge on any atom is -0.351 e. The van der Waals surface area contributed by atoms with Crippen molar-refractivity contribution in [2.75, 3.05) is 13.1 Å². The molecule has 0 bridgehead atoms. The topological polar surface area (TPSA) is 62.3 Å². The molecule has 6 heteroatoms. The smallest absolute Gasteiger partial charge is 0.254 e. The molecule has 0 radical (unpaired) electrons. The van der Waals surface area contributed by atoms with Gasteiger partial charge < -0.3 is 10.2 Å². The monoisotopic (exact) mass is 383 g/mol. The number of carbonyl (C=O) groups excluding carboxylic acids is 2. The number of thiophene rings is 1. The number of amides is 2. The van der Waals surface area contributed by atoms with Gasteiger partial charge in [-0.15, -0.1) is 11.3 Å². The van der Waals surface area contributed by atoms with Crippen molar-refractivity contribution in [1.82, 2.24) is 15.2 Å². The van der Waals surface area contributed by atoms with Gasteiger partial charge in [-0.05, 0) is 36.4 Å². The Balaban J connectivity index is 1.51. The summed E-state index contributed by atoms with van der Waals surface area (Å²) in [6.45, 7) is 1.77. The highest BCUT2D eigenvalue weighted by atomic mass is 32.1. The zero-order chi connectivity index (χ0) is 18.7. The molecule has 27 heavy (non-hydrogen) atoms. The molecular weight excluding hydrogens is 358 g/mol. The van der Waals surface area contributed by atoms with E-state index in [1.807, 2.05) is 22.4 Å². The van der Waals surface area contributed by atoms with Crippen molar-refractivity contribution in [2.24, 2.45) is 11.3 Å². The third-order valence-corrected chi connectivity index (χ3v) is 6.92. The van der Waals surface area contributed by atoms with Gasteiger partial charge in [-0.3, -0.25) is 14.6 Å². The lowest BCUT2D eigenvalue weighted by molar-refractivity contribution is -0.128. The van der Waals surface area contributed by atoms with Crippen LogP contribution in [0.15, 0.2) is 42.0 Å². The van der Waals surface area contributed by atoms with Crippen LogP contribution in [0.1, 0.15) is 47.3 Å². The molecule has 3 heterocycles. The lowest BCUT2D eigenvalue weighted by Gasteiger charge is -2.37. The number of likely N-dealkylation sites (tertiary alicyclic amines) is 1. The van der Waals surface area contributed by atoms with Gasteiger partial charge >= 0.3 is 0 Å². The molecule has 1 saturated carbocycles. The van der Waals surface area contributed by atoms with Crippen LogP contribution in [0.5, 0.6) is 0 Å². The minimum absolute atomic E-state index is 0.0101. The summed E-state index contributed by atoms with van der Waals surface area (Å²) >= 11 is 1.65. The Morgan fingerprint density at radius 2 is 1.96 bits per heavy atom. The maximum Gasteiger partial charge on any atom is 0.254 e. The Bertz CT molecular complexity index is 785. The molecule has 1 N–H and O–H groups in total. The molecule has 1 spiro atoms. The Hall–Kier alpha value is -2.21. The molecule has 2 aromatic heterocycles. The van der Waals surface area contributed by atoms with Crippen LogP contribution in [-0.4, -0.2) is 34.8 Å². The molecule has 1 atom stereocenters. The average molecular weight is 384 g/mol. The fraction of sp³-hybridized carbons (Fsp3) is 0.476. The van der Waals surface area contributed by atoms with Gasteiger partial charge in [0.05, 0.1) is 12.5 Å². The van der Waals surface area contributed by atoms with Crippen LogP contribution in [0, 0.1) is 11.3 Å². The summed E-state index contributed by atoms with van der Waals surface area (Å²) in [7, 11) is 0. The largest absolute Gasteiger partial charge is 0.351 e. The second kappa shape index (κ2) is 7.80. The number of hydrogen-bond acceptors (Lipinski definition) is 4. The SMILES string of the molecule is O=C(NCc1cccs1)[C@@H]1CN(C(=O)c2ccncc2)CC12CCCCC2. The quantitative estimate of drug-likeness (QED) is 0.879. The highest BCUT2D eigenvalue weighted by Crippen LogP contribution is 2.48. The van der Waals surface area contributed by atoms with E-state index >= 15 is 0 Å². The summed E-state index contributed by atoms with van der Waals surface area (Å²) in [6, 6.07) is 7.54. The van der Waals surface area contributed by atoms with E-state index in [0.717, 1.165) is 30.6 Å². The van der Waals surface area contributed by atoms with Crippen LogP contribution in [-0.2, 0) is 11.3 Å². The molecule has 0 unspecified atom stereocenters. The fourth-order valence-electron chi connectivity index (χ4n) is 4.63. The van der Waals surface area contributed by atoms with E-state index in [2.05, 4.69) is 10.3 Å². The summed E-state index contributed by atoms with van der Waals surface area (Å²) < 4.78 is 0. The number of pyridine rings is 1. The number of nitrogens with zero attached hydrogens (tertiary/aromatic N) is 2. The fourth-order valence-corrected chi connectivity index (χ4v) is 5.28. The molecule has 2 fully saturated rings. The molecule has 142 valence electrons. The van der Waals surface area contributed by atoms with Crippen molar-refractivity contribution in [3.63, 3.8) is 0 Å². The predicted octanol–water partition coefficient (Wildman–Crippen LogP) is 3.48. The molecule has 0 aromatic carbocycles. The van der Waals surface area contributed by atoms with Crippen molar-refractivity contribution >= 4 is 23.2 Å². The molecule has 1 saturated heterocycles. The van der Waals surface area contributed by atoms with Crippen LogP contribution in [0.2, 0.25) is 0 Å². The predicted molar refractivity (Wildman–Crippen MR) is 105 cm³/mol. The number of nitrogens with one attached hydrogen (secondary N) is 1. The first-order chi connectivity index (χ1) is 13.2. The van der Waals surface area contributed by atoms with Crippen molar-refractivity contribution in [2.45, 2.75) is 38.6 Å². The number of hydrogen-bond donors (Lipinski definition) is 1. The second-order valence-electron chi connectivity index (χ2n) is 7.69. The third-order valence-electron chi connectivity index (χ3n) is 6.05. The van der Waals surface area contributed by atoms with Crippen molar-refractivity contribution in [3.8, 4) is 0 Å². The maximum absolute atomic E-state index is 13.1. The molecule has 5 nitrogen and oxygen atoms in total. The lowest BCUT2D eigenvalue weighted by Crippen LogP contribution is -2.42. The zero-order valence-corrected chi connectivity index (χ0v) is 16.2.